The molecule has 0 heterocycles. The Morgan fingerprint density at radius 1 is 1.18 bits per heavy atom. The summed E-state index contributed by atoms with van der Waals surface area (Å²) in [6, 6.07) is 5.88. The second kappa shape index (κ2) is 7.13. The predicted octanol–water partition coefficient (Wildman–Crippen LogP) is 3.21. The lowest BCUT2D eigenvalue weighted by molar-refractivity contribution is -0.134. The Morgan fingerprint density at radius 2 is 1.82 bits per heavy atom. The summed E-state index contributed by atoms with van der Waals surface area (Å²) in [5, 5.41) is 12.6. The first-order valence-electron chi connectivity index (χ1n) is 7.50. The predicted molar refractivity (Wildman–Crippen MR) is 76.5 cm³/mol. The Morgan fingerprint density at radius 3 is 2.41 bits per heavy atom. The Bertz CT molecular complexity index is 499. The summed E-state index contributed by atoms with van der Waals surface area (Å²) < 4.78 is 36.5. The summed E-state index contributed by atoms with van der Waals surface area (Å²) in [6.45, 7) is 0. The van der Waals surface area contributed by atoms with Crippen LogP contribution in [0.4, 0.5) is 13.2 Å². The van der Waals surface area contributed by atoms with Crippen LogP contribution in [0.5, 0.6) is 0 Å². The third kappa shape index (κ3) is 5.02. The minimum Gasteiger partial charge on any atom is -0.391 e. The fourth-order valence-corrected chi connectivity index (χ4v) is 2.64. The molecule has 1 aromatic carbocycles. The lowest BCUT2D eigenvalue weighted by Gasteiger charge is -2.28. The smallest absolute Gasteiger partial charge is 0.389 e. The molecule has 1 amide bonds. The molecule has 6 heteroatoms. The molecule has 1 fully saturated rings. The Balaban J connectivity index is 1.90. The van der Waals surface area contributed by atoms with Gasteiger partial charge in [0.15, 0.2) is 0 Å². The third-order valence-corrected chi connectivity index (χ3v) is 3.96. The van der Waals surface area contributed by atoms with Crippen LogP contribution in [0.1, 0.15) is 48.0 Å². The van der Waals surface area contributed by atoms with E-state index in [1.54, 1.807) is 0 Å². The summed E-state index contributed by atoms with van der Waals surface area (Å²) in [4.78, 5) is 12.1. The molecule has 2 N–H and O–H groups in total. The number of carbonyl (C=O) groups is 1. The highest BCUT2D eigenvalue weighted by Gasteiger charge is 2.27. The van der Waals surface area contributed by atoms with Gasteiger partial charge in [-0.3, -0.25) is 4.79 Å². The van der Waals surface area contributed by atoms with Gasteiger partial charge in [-0.05, 0) is 37.0 Å². The maximum Gasteiger partial charge on any atom is 0.389 e. The molecule has 2 atom stereocenters. The van der Waals surface area contributed by atoms with E-state index >= 15 is 0 Å². The Hall–Kier alpha value is -1.56. The van der Waals surface area contributed by atoms with Gasteiger partial charge >= 0.3 is 6.18 Å². The van der Waals surface area contributed by atoms with Gasteiger partial charge < -0.3 is 10.4 Å². The van der Waals surface area contributed by atoms with Gasteiger partial charge in [-0.1, -0.05) is 25.0 Å². The van der Waals surface area contributed by atoms with Crippen LogP contribution in [0.2, 0.25) is 0 Å². The van der Waals surface area contributed by atoms with E-state index in [1.165, 1.54) is 24.3 Å². The van der Waals surface area contributed by atoms with Crippen molar-refractivity contribution in [3.05, 3.63) is 35.4 Å². The van der Waals surface area contributed by atoms with Crippen molar-refractivity contribution in [1.29, 1.82) is 0 Å². The number of hydrogen-bond acceptors (Lipinski definition) is 2. The van der Waals surface area contributed by atoms with Crippen molar-refractivity contribution in [3.8, 4) is 0 Å². The number of aliphatic hydroxyl groups is 1. The average molecular weight is 315 g/mol. The number of hydrogen-bond donors (Lipinski definition) is 2. The highest BCUT2D eigenvalue weighted by atomic mass is 19.4. The molecule has 1 aromatic rings. The van der Waals surface area contributed by atoms with Crippen molar-refractivity contribution in [2.45, 2.75) is 56.8 Å². The molecular formula is C16H20F3NO2. The van der Waals surface area contributed by atoms with Crippen molar-refractivity contribution < 1.29 is 23.1 Å². The molecule has 0 saturated heterocycles. The standard InChI is InChI=1S/C16H20F3NO2/c17-16(18,19)10-9-11-5-7-12(8-6-11)15(22)20-13-3-1-2-4-14(13)21/h5-8,13-14,21H,1-4,9-10H2,(H,20,22). The molecule has 0 bridgehead atoms. The van der Waals surface area contributed by atoms with Gasteiger partial charge in [-0.2, -0.15) is 13.2 Å². The number of alkyl halides is 3. The molecule has 3 nitrogen and oxygen atoms in total. The van der Waals surface area contributed by atoms with Gasteiger partial charge in [-0.25, -0.2) is 0 Å². The van der Waals surface area contributed by atoms with E-state index in [9.17, 15) is 23.1 Å². The van der Waals surface area contributed by atoms with Crippen LogP contribution in [0.15, 0.2) is 24.3 Å². The minimum absolute atomic E-state index is 0.0905. The fraction of sp³-hybridized carbons (Fsp3) is 0.562. The molecule has 0 radical (unpaired) electrons. The molecule has 0 aliphatic heterocycles. The number of halogens is 3. The van der Waals surface area contributed by atoms with Crippen LogP contribution < -0.4 is 5.32 Å². The summed E-state index contributed by atoms with van der Waals surface area (Å²) in [7, 11) is 0. The van der Waals surface area contributed by atoms with Crippen molar-refractivity contribution in [1.82, 2.24) is 5.32 Å². The number of aryl methyl sites for hydroxylation is 1. The van der Waals surface area contributed by atoms with Gasteiger partial charge in [0.1, 0.15) is 0 Å². The first-order chi connectivity index (χ1) is 10.3. The first kappa shape index (κ1) is 16.8. The highest BCUT2D eigenvalue weighted by Crippen LogP contribution is 2.22. The minimum atomic E-state index is -4.17. The van der Waals surface area contributed by atoms with Crippen molar-refractivity contribution >= 4 is 5.91 Å². The fourth-order valence-electron chi connectivity index (χ4n) is 2.64. The van der Waals surface area contributed by atoms with Crippen LogP contribution in [-0.4, -0.2) is 29.3 Å². The number of amides is 1. The number of nitrogens with one attached hydrogen (secondary N) is 1. The summed E-state index contributed by atoms with van der Waals surface area (Å²) in [6.07, 6.45) is -2.30. The molecule has 1 aliphatic carbocycles. The van der Waals surface area contributed by atoms with Crippen LogP contribution in [0.3, 0.4) is 0 Å². The summed E-state index contributed by atoms with van der Waals surface area (Å²) in [5.41, 5.74) is 0.945. The van der Waals surface area contributed by atoms with E-state index in [-0.39, 0.29) is 18.4 Å². The van der Waals surface area contributed by atoms with Crippen LogP contribution in [0.25, 0.3) is 0 Å². The van der Waals surface area contributed by atoms with Gasteiger partial charge in [0.05, 0.1) is 12.1 Å². The molecule has 22 heavy (non-hydrogen) atoms. The monoisotopic (exact) mass is 315 g/mol. The number of rotatable bonds is 4. The van der Waals surface area contributed by atoms with E-state index in [2.05, 4.69) is 5.32 Å². The van der Waals surface area contributed by atoms with E-state index in [1.807, 2.05) is 0 Å². The largest absolute Gasteiger partial charge is 0.391 e. The molecule has 1 saturated carbocycles. The molecular weight excluding hydrogens is 295 g/mol. The quantitative estimate of drug-likeness (QED) is 0.896. The molecule has 0 aromatic heterocycles. The summed E-state index contributed by atoms with van der Waals surface area (Å²) >= 11 is 0. The topological polar surface area (TPSA) is 49.3 Å². The van der Waals surface area contributed by atoms with Gasteiger partial charge in [0.2, 0.25) is 0 Å². The average Bonchev–Trinajstić information content (AvgIpc) is 2.47. The molecule has 2 rings (SSSR count). The number of carbonyl (C=O) groups excluding carboxylic acids is 1. The molecule has 122 valence electrons. The molecule has 1 aliphatic rings. The normalized spacial score (nSPS) is 22.4. The third-order valence-electron chi connectivity index (χ3n) is 3.96. The maximum atomic E-state index is 12.2. The van der Waals surface area contributed by atoms with Crippen molar-refractivity contribution in [2.24, 2.45) is 0 Å². The molecule has 2 unspecified atom stereocenters. The van der Waals surface area contributed by atoms with Gasteiger partial charge in [-0.15, -0.1) is 0 Å². The van der Waals surface area contributed by atoms with Gasteiger partial charge in [0, 0.05) is 12.0 Å². The lowest BCUT2D eigenvalue weighted by atomic mass is 9.92. The van der Waals surface area contributed by atoms with Gasteiger partial charge in [0.25, 0.3) is 5.91 Å². The van der Waals surface area contributed by atoms with Crippen molar-refractivity contribution in [3.63, 3.8) is 0 Å². The van der Waals surface area contributed by atoms with E-state index in [0.717, 1.165) is 19.3 Å². The zero-order valence-corrected chi connectivity index (χ0v) is 12.2. The van der Waals surface area contributed by atoms with Crippen LogP contribution in [-0.2, 0) is 6.42 Å². The van der Waals surface area contributed by atoms with E-state index in [0.29, 0.717) is 17.5 Å². The Labute approximate surface area is 127 Å². The van der Waals surface area contributed by atoms with E-state index < -0.39 is 18.7 Å². The van der Waals surface area contributed by atoms with Crippen LogP contribution in [0, 0.1) is 0 Å². The molecule has 0 spiro atoms. The zero-order chi connectivity index (χ0) is 16.2. The number of benzene rings is 1. The maximum absolute atomic E-state index is 12.2. The highest BCUT2D eigenvalue weighted by molar-refractivity contribution is 5.94. The zero-order valence-electron chi connectivity index (χ0n) is 12.2. The first-order valence-corrected chi connectivity index (χ1v) is 7.50. The number of aliphatic hydroxyl groups excluding tert-OH is 1. The second-order valence-electron chi connectivity index (χ2n) is 5.74. The van der Waals surface area contributed by atoms with Crippen LogP contribution >= 0.6 is 0 Å². The lowest BCUT2D eigenvalue weighted by Crippen LogP contribution is -2.45. The summed E-state index contributed by atoms with van der Waals surface area (Å²) in [5.74, 6) is -0.298. The second-order valence-corrected chi connectivity index (χ2v) is 5.74. The Kier molecular flexibility index (Phi) is 5.45. The SMILES string of the molecule is O=C(NC1CCCCC1O)c1ccc(CCC(F)(F)F)cc1. The van der Waals surface area contributed by atoms with E-state index in [4.69, 9.17) is 0 Å². The van der Waals surface area contributed by atoms with Crippen molar-refractivity contribution in [2.75, 3.05) is 0 Å².